The van der Waals surface area contributed by atoms with Crippen LogP contribution in [0.1, 0.15) is 37.0 Å². The Labute approximate surface area is 156 Å². The van der Waals surface area contributed by atoms with Gasteiger partial charge in [0.15, 0.2) is 5.75 Å². The minimum atomic E-state index is -0.240. The van der Waals surface area contributed by atoms with Crippen molar-refractivity contribution in [1.82, 2.24) is 9.80 Å². The molecule has 0 aromatic carbocycles. The molecule has 0 radical (unpaired) electrons. The Balaban J connectivity index is 1.63. The van der Waals surface area contributed by atoms with E-state index in [4.69, 9.17) is 21.1 Å². The lowest BCUT2D eigenvalue weighted by Crippen LogP contribution is -2.55. The fourth-order valence-electron chi connectivity index (χ4n) is 3.40. The summed E-state index contributed by atoms with van der Waals surface area (Å²) in [7, 11) is 1.51. The van der Waals surface area contributed by atoms with Gasteiger partial charge in [-0.1, -0.05) is 25.4 Å². The molecule has 8 heteroatoms. The molecule has 2 aliphatic rings. The predicted octanol–water partition coefficient (Wildman–Crippen LogP) is 3.49. The lowest BCUT2D eigenvalue weighted by molar-refractivity contribution is -0.0153. The van der Waals surface area contributed by atoms with Crippen LogP contribution in [0.2, 0.25) is 4.34 Å². The molecule has 138 valence electrons. The van der Waals surface area contributed by atoms with Crippen LogP contribution in [0.15, 0.2) is 5.38 Å². The summed E-state index contributed by atoms with van der Waals surface area (Å²) in [6.07, 6.45) is 1.25. The molecule has 0 atom stereocenters. The van der Waals surface area contributed by atoms with Crippen molar-refractivity contribution >= 4 is 34.9 Å². The third-order valence-corrected chi connectivity index (χ3v) is 5.93. The number of amides is 2. The van der Waals surface area contributed by atoms with Crippen LogP contribution in [0, 0.1) is 5.41 Å². The Morgan fingerprint density at radius 2 is 2.08 bits per heavy atom. The van der Waals surface area contributed by atoms with Crippen molar-refractivity contribution in [2.75, 3.05) is 33.4 Å². The minimum Gasteiger partial charge on any atom is -0.493 e. The van der Waals surface area contributed by atoms with Crippen molar-refractivity contribution in [3.05, 3.63) is 15.3 Å². The van der Waals surface area contributed by atoms with Gasteiger partial charge in [-0.05, 0) is 12.8 Å². The fraction of sp³-hybridized carbons (Fsp3) is 0.647. The zero-order valence-corrected chi connectivity index (χ0v) is 16.3. The Kier molecular flexibility index (Phi) is 5.16. The maximum Gasteiger partial charge on any atom is 0.410 e. The van der Waals surface area contributed by atoms with Gasteiger partial charge in [0.1, 0.15) is 4.34 Å². The molecule has 6 nitrogen and oxygen atoms in total. The summed E-state index contributed by atoms with van der Waals surface area (Å²) in [5.74, 6) is 0.375. The molecule has 0 aliphatic carbocycles. The molecule has 2 fully saturated rings. The molecule has 2 saturated heterocycles. The Morgan fingerprint density at radius 3 is 2.72 bits per heavy atom. The summed E-state index contributed by atoms with van der Waals surface area (Å²) >= 11 is 7.36. The first kappa shape index (κ1) is 18.3. The molecule has 0 N–H and O–H groups in total. The Bertz CT molecular complexity index is 668. The van der Waals surface area contributed by atoms with Crippen molar-refractivity contribution in [1.29, 1.82) is 0 Å². The van der Waals surface area contributed by atoms with Gasteiger partial charge >= 0.3 is 6.09 Å². The first-order valence-corrected chi connectivity index (χ1v) is 9.62. The number of hydrogen-bond acceptors (Lipinski definition) is 5. The summed E-state index contributed by atoms with van der Waals surface area (Å²) in [4.78, 5) is 28.5. The average molecular weight is 387 g/mol. The molecule has 0 spiro atoms. The van der Waals surface area contributed by atoms with Gasteiger partial charge in [-0.2, -0.15) is 0 Å². The standard InChI is InChI=1S/C17H23ClN2O4S/c1-17(2)9-20(16(22)24-10-17)11-4-6-19(7-5-11)15(21)12-8-25-14(18)13(12)23-3/h8,11H,4-7,9-10H2,1-3H3. The van der Waals surface area contributed by atoms with Crippen molar-refractivity contribution < 1.29 is 19.1 Å². The van der Waals surface area contributed by atoms with E-state index in [0.29, 0.717) is 41.9 Å². The third-order valence-electron chi connectivity index (χ3n) is 4.75. The molecule has 1 aromatic rings. The van der Waals surface area contributed by atoms with E-state index in [2.05, 4.69) is 13.8 Å². The van der Waals surface area contributed by atoms with E-state index in [1.165, 1.54) is 18.4 Å². The van der Waals surface area contributed by atoms with Crippen LogP contribution in [0.5, 0.6) is 5.75 Å². The number of halogens is 1. The van der Waals surface area contributed by atoms with Gasteiger partial charge in [-0.15, -0.1) is 11.3 Å². The molecule has 0 saturated carbocycles. The van der Waals surface area contributed by atoms with E-state index in [9.17, 15) is 9.59 Å². The largest absolute Gasteiger partial charge is 0.493 e. The van der Waals surface area contributed by atoms with E-state index >= 15 is 0 Å². The fourth-order valence-corrected chi connectivity index (χ4v) is 4.44. The highest BCUT2D eigenvalue weighted by molar-refractivity contribution is 7.15. The minimum absolute atomic E-state index is 0.0400. The molecule has 2 amide bonds. The van der Waals surface area contributed by atoms with Crippen LogP contribution >= 0.6 is 22.9 Å². The molecular formula is C17H23ClN2O4S. The number of cyclic esters (lactones) is 1. The monoisotopic (exact) mass is 386 g/mol. The van der Waals surface area contributed by atoms with E-state index in [1.54, 1.807) is 10.3 Å². The summed E-state index contributed by atoms with van der Waals surface area (Å²) in [5, 5.41) is 1.74. The second-order valence-electron chi connectivity index (χ2n) is 7.33. The number of carbonyl (C=O) groups excluding carboxylic acids is 2. The number of thiophene rings is 1. The molecule has 2 aliphatic heterocycles. The highest BCUT2D eigenvalue weighted by Crippen LogP contribution is 2.36. The van der Waals surface area contributed by atoms with E-state index in [1.807, 2.05) is 4.90 Å². The molecule has 3 rings (SSSR count). The maximum atomic E-state index is 12.7. The van der Waals surface area contributed by atoms with E-state index < -0.39 is 0 Å². The van der Waals surface area contributed by atoms with Crippen LogP contribution in [0.25, 0.3) is 0 Å². The van der Waals surface area contributed by atoms with Gasteiger partial charge in [-0.3, -0.25) is 4.79 Å². The highest BCUT2D eigenvalue weighted by atomic mass is 35.5. The second kappa shape index (κ2) is 7.03. The lowest BCUT2D eigenvalue weighted by Gasteiger charge is -2.44. The molecule has 25 heavy (non-hydrogen) atoms. The van der Waals surface area contributed by atoms with E-state index in [-0.39, 0.29) is 23.5 Å². The topological polar surface area (TPSA) is 59.1 Å². The van der Waals surface area contributed by atoms with Crippen LogP contribution < -0.4 is 4.74 Å². The van der Waals surface area contributed by atoms with Crippen molar-refractivity contribution in [2.45, 2.75) is 32.7 Å². The summed E-state index contributed by atoms with van der Waals surface area (Å²) in [6, 6.07) is 0.115. The normalized spacial score (nSPS) is 21.2. The summed E-state index contributed by atoms with van der Waals surface area (Å²) in [6.45, 7) is 6.54. The zero-order chi connectivity index (χ0) is 18.2. The number of ether oxygens (including phenoxy) is 2. The van der Waals surface area contributed by atoms with Crippen LogP contribution in [0.4, 0.5) is 4.79 Å². The number of nitrogens with zero attached hydrogens (tertiary/aromatic N) is 2. The zero-order valence-electron chi connectivity index (χ0n) is 14.7. The highest BCUT2D eigenvalue weighted by Gasteiger charge is 2.38. The Hall–Kier alpha value is -1.47. The molecular weight excluding hydrogens is 364 g/mol. The predicted molar refractivity (Wildman–Crippen MR) is 96.6 cm³/mol. The first-order valence-electron chi connectivity index (χ1n) is 8.36. The lowest BCUT2D eigenvalue weighted by atomic mass is 9.91. The number of piperidine rings is 1. The van der Waals surface area contributed by atoms with Crippen molar-refractivity contribution in [3.63, 3.8) is 0 Å². The average Bonchev–Trinajstić information content (AvgIpc) is 2.97. The molecule has 1 aromatic heterocycles. The van der Waals surface area contributed by atoms with Gasteiger partial charge in [0.25, 0.3) is 5.91 Å². The molecule has 0 bridgehead atoms. The van der Waals surface area contributed by atoms with Crippen molar-refractivity contribution in [2.24, 2.45) is 5.41 Å². The summed E-state index contributed by atoms with van der Waals surface area (Å²) < 4.78 is 11.0. The third kappa shape index (κ3) is 3.72. The first-order chi connectivity index (χ1) is 11.8. The molecule has 0 unspecified atom stereocenters. The van der Waals surface area contributed by atoms with Crippen LogP contribution in [-0.2, 0) is 4.74 Å². The Morgan fingerprint density at radius 1 is 1.40 bits per heavy atom. The number of rotatable bonds is 3. The quantitative estimate of drug-likeness (QED) is 0.797. The maximum absolute atomic E-state index is 12.7. The van der Waals surface area contributed by atoms with Crippen LogP contribution in [0.3, 0.4) is 0 Å². The smallest absolute Gasteiger partial charge is 0.410 e. The van der Waals surface area contributed by atoms with Gasteiger partial charge in [-0.25, -0.2) is 4.79 Å². The van der Waals surface area contributed by atoms with Gasteiger partial charge < -0.3 is 19.3 Å². The number of methoxy groups -OCH3 is 1. The van der Waals surface area contributed by atoms with Gasteiger partial charge in [0, 0.05) is 36.5 Å². The van der Waals surface area contributed by atoms with Crippen LogP contribution in [-0.4, -0.2) is 61.2 Å². The van der Waals surface area contributed by atoms with Crippen molar-refractivity contribution in [3.8, 4) is 5.75 Å². The van der Waals surface area contributed by atoms with Gasteiger partial charge in [0.2, 0.25) is 0 Å². The van der Waals surface area contributed by atoms with Gasteiger partial charge in [0.05, 0.1) is 19.3 Å². The second-order valence-corrected chi connectivity index (χ2v) is 8.81. The number of hydrogen-bond donors (Lipinski definition) is 0. The van der Waals surface area contributed by atoms with E-state index in [0.717, 1.165) is 12.8 Å². The number of likely N-dealkylation sites (tertiary alicyclic amines) is 1. The number of carbonyl (C=O) groups is 2. The summed E-state index contributed by atoms with van der Waals surface area (Å²) in [5.41, 5.74) is 0.469. The molecule has 3 heterocycles. The SMILES string of the molecule is COc1c(C(=O)N2CCC(N3CC(C)(C)COC3=O)CC2)csc1Cl.